The number of hydrogen-bond acceptors (Lipinski definition) is 5. The molecule has 2 aliphatic rings. The minimum Gasteiger partial charge on any atom is -0.497 e. The summed E-state index contributed by atoms with van der Waals surface area (Å²) in [6, 6.07) is 11.4. The van der Waals surface area contributed by atoms with Crippen LogP contribution in [0.15, 0.2) is 47.4 Å². The van der Waals surface area contributed by atoms with Crippen LogP contribution in [0.2, 0.25) is 0 Å². The number of hydrogen-bond donors (Lipinski definition) is 1. The molecule has 0 bridgehead atoms. The second-order valence-electron chi connectivity index (χ2n) is 8.43. The van der Waals surface area contributed by atoms with E-state index < -0.39 is 16.1 Å². The van der Waals surface area contributed by atoms with Crippen molar-refractivity contribution in [2.45, 2.75) is 50.1 Å². The average Bonchev–Trinajstić information content (AvgIpc) is 3.22. The molecule has 176 valence electrons. The van der Waals surface area contributed by atoms with Crippen molar-refractivity contribution in [1.29, 1.82) is 0 Å². The Kier molecular flexibility index (Phi) is 6.71. The predicted molar refractivity (Wildman–Crippen MR) is 125 cm³/mol. The summed E-state index contributed by atoms with van der Waals surface area (Å²) in [7, 11) is -2.00. The number of fused-ring (bicyclic) bond motifs is 1. The van der Waals surface area contributed by atoms with Crippen molar-refractivity contribution < 1.29 is 22.7 Å². The molecule has 1 atom stereocenters. The Hall–Kier alpha value is -2.91. The first-order chi connectivity index (χ1) is 15.8. The second kappa shape index (κ2) is 9.52. The van der Waals surface area contributed by atoms with Crippen LogP contribution in [0.1, 0.15) is 37.3 Å². The highest BCUT2D eigenvalue weighted by atomic mass is 32.2. The van der Waals surface area contributed by atoms with E-state index >= 15 is 0 Å². The van der Waals surface area contributed by atoms with E-state index in [0.717, 1.165) is 30.6 Å². The van der Waals surface area contributed by atoms with Gasteiger partial charge >= 0.3 is 0 Å². The molecular weight excluding hydrogens is 442 g/mol. The van der Waals surface area contributed by atoms with Crippen molar-refractivity contribution in [3.05, 3.63) is 53.6 Å². The van der Waals surface area contributed by atoms with Crippen molar-refractivity contribution in [2.24, 2.45) is 0 Å². The van der Waals surface area contributed by atoms with Crippen LogP contribution in [0.3, 0.4) is 0 Å². The van der Waals surface area contributed by atoms with E-state index in [4.69, 9.17) is 4.74 Å². The maximum Gasteiger partial charge on any atom is 0.243 e. The lowest BCUT2D eigenvalue weighted by Gasteiger charge is -2.26. The first-order valence-corrected chi connectivity index (χ1v) is 12.6. The maximum atomic E-state index is 13.1. The van der Waals surface area contributed by atoms with Crippen molar-refractivity contribution in [3.8, 4) is 5.75 Å². The molecule has 2 aliphatic heterocycles. The van der Waals surface area contributed by atoms with E-state index in [1.165, 1.54) is 22.2 Å². The number of piperidine rings is 1. The fourth-order valence-corrected chi connectivity index (χ4v) is 6.06. The van der Waals surface area contributed by atoms with E-state index in [9.17, 15) is 18.0 Å². The maximum absolute atomic E-state index is 13.1. The lowest BCUT2D eigenvalue weighted by Crippen LogP contribution is -2.47. The van der Waals surface area contributed by atoms with Crippen molar-refractivity contribution in [2.75, 3.05) is 25.1 Å². The Balaban J connectivity index is 1.52. The average molecular weight is 472 g/mol. The van der Waals surface area contributed by atoms with Crippen LogP contribution in [0.5, 0.6) is 5.75 Å². The molecule has 0 unspecified atom stereocenters. The lowest BCUT2D eigenvalue weighted by molar-refractivity contribution is -0.125. The highest BCUT2D eigenvalue weighted by molar-refractivity contribution is 7.89. The fourth-order valence-electron chi connectivity index (χ4n) is 4.49. The first kappa shape index (κ1) is 23.3. The Morgan fingerprint density at radius 3 is 2.39 bits per heavy atom. The van der Waals surface area contributed by atoms with Gasteiger partial charge in [-0.25, -0.2) is 8.42 Å². The van der Waals surface area contributed by atoms with Gasteiger partial charge in [0.05, 0.1) is 12.0 Å². The molecular formula is C24H29N3O5S. The number of carbonyl (C=O) groups excluding carboxylic acids is 2. The van der Waals surface area contributed by atoms with Crippen LogP contribution >= 0.6 is 0 Å². The number of nitrogens with one attached hydrogen (secondary N) is 1. The molecule has 2 aromatic carbocycles. The number of anilines is 1. The smallest absolute Gasteiger partial charge is 0.243 e. The normalized spacial score (nSPS) is 18.6. The first-order valence-electron chi connectivity index (χ1n) is 11.1. The summed E-state index contributed by atoms with van der Waals surface area (Å²) in [4.78, 5) is 27.1. The van der Waals surface area contributed by atoms with Gasteiger partial charge in [0.1, 0.15) is 11.8 Å². The number of benzene rings is 2. The van der Waals surface area contributed by atoms with Gasteiger partial charge in [-0.2, -0.15) is 4.31 Å². The molecule has 1 saturated heterocycles. The van der Waals surface area contributed by atoms with Gasteiger partial charge in [-0.05, 0) is 54.3 Å². The zero-order valence-corrected chi connectivity index (χ0v) is 19.7. The fraction of sp³-hybridized carbons (Fsp3) is 0.417. The largest absolute Gasteiger partial charge is 0.497 e. The van der Waals surface area contributed by atoms with Crippen molar-refractivity contribution in [3.63, 3.8) is 0 Å². The van der Waals surface area contributed by atoms with Gasteiger partial charge in [-0.1, -0.05) is 18.6 Å². The van der Waals surface area contributed by atoms with Gasteiger partial charge in [0.15, 0.2) is 0 Å². The lowest BCUT2D eigenvalue weighted by atomic mass is 10.1. The molecule has 8 nitrogen and oxygen atoms in total. The molecule has 0 saturated carbocycles. The zero-order chi connectivity index (χ0) is 23.6. The summed E-state index contributed by atoms with van der Waals surface area (Å²) in [5, 5.41) is 2.89. The quantitative estimate of drug-likeness (QED) is 0.698. The summed E-state index contributed by atoms with van der Waals surface area (Å²) in [6.07, 6.45) is 3.03. The van der Waals surface area contributed by atoms with Gasteiger partial charge in [-0.3, -0.25) is 14.5 Å². The molecule has 0 aliphatic carbocycles. The number of nitrogens with zero attached hydrogens (tertiary/aromatic N) is 2. The third-order valence-corrected chi connectivity index (χ3v) is 8.15. The van der Waals surface area contributed by atoms with Crippen LogP contribution in [0.4, 0.5) is 5.69 Å². The number of rotatable bonds is 6. The second-order valence-corrected chi connectivity index (χ2v) is 10.4. The molecule has 1 N–H and O–H groups in total. The predicted octanol–water partition coefficient (Wildman–Crippen LogP) is 2.46. The van der Waals surface area contributed by atoms with Crippen LogP contribution in [-0.4, -0.2) is 50.8 Å². The minimum absolute atomic E-state index is 0.214. The van der Waals surface area contributed by atoms with Gasteiger partial charge in [0.25, 0.3) is 0 Å². The SMILES string of the molecule is COc1ccc(CNC(=O)[C@H]2Cc3cc(S(=O)(=O)N4CCCCC4)ccc3N2C(C)=O)cc1. The van der Waals surface area contributed by atoms with Crippen LogP contribution in [-0.2, 0) is 32.6 Å². The molecule has 2 heterocycles. The van der Waals surface area contributed by atoms with Gasteiger partial charge in [0, 0.05) is 38.7 Å². The van der Waals surface area contributed by atoms with Crippen LogP contribution in [0.25, 0.3) is 0 Å². The molecule has 2 amide bonds. The number of sulfonamides is 1. The number of ether oxygens (including phenoxy) is 1. The van der Waals surface area contributed by atoms with E-state index in [-0.39, 0.29) is 23.1 Å². The van der Waals surface area contributed by atoms with E-state index in [1.807, 2.05) is 24.3 Å². The highest BCUT2D eigenvalue weighted by Gasteiger charge is 2.38. The molecule has 4 rings (SSSR count). The summed E-state index contributed by atoms with van der Waals surface area (Å²) in [6.45, 7) is 2.78. The van der Waals surface area contributed by atoms with E-state index in [2.05, 4.69) is 5.32 Å². The number of methoxy groups -OCH3 is 1. The Morgan fingerprint density at radius 1 is 1.06 bits per heavy atom. The van der Waals surface area contributed by atoms with E-state index in [0.29, 0.717) is 30.9 Å². The molecule has 0 spiro atoms. The van der Waals surface area contributed by atoms with Crippen LogP contribution < -0.4 is 15.0 Å². The van der Waals surface area contributed by atoms with Gasteiger partial charge in [-0.15, -0.1) is 0 Å². The summed E-state index contributed by atoms with van der Waals surface area (Å²) in [5.74, 6) is 0.192. The third kappa shape index (κ3) is 4.74. The standard InChI is InChI=1S/C24H29N3O5S/c1-17(28)27-22-11-10-21(33(30,31)26-12-4-3-5-13-26)14-19(22)15-23(27)24(29)25-16-18-6-8-20(32-2)9-7-18/h6-11,14,23H,3-5,12-13,15-16H2,1-2H3,(H,25,29)/t23-/m1/s1. The molecule has 2 aromatic rings. The molecule has 9 heteroatoms. The van der Waals surface area contributed by atoms with Gasteiger partial charge in [0.2, 0.25) is 21.8 Å². The molecule has 33 heavy (non-hydrogen) atoms. The van der Waals surface area contributed by atoms with E-state index in [1.54, 1.807) is 19.2 Å². The van der Waals surface area contributed by atoms with Crippen molar-refractivity contribution in [1.82, 2.24) is 9.62 Å². The summed E-state index contributed by atoms with van der Waals surface area (Å²) >= 11 is 0. The number of amides is 2. The zero-order valence-electron chi connectivity index (χ0n) is 18.9. The topological polar surface area (TPSA) is 96.0 Å². The third-order valence-electron chi connectivity index (χ3n) is 6.26. The molecule has 1 fully saturated rings. The minimum atomic E-state index is -3.59. The van der Waals surface area contributed by atoms with Gasteiger partial charge < -0.3 is 10.1 Å². The van der Waals surface area contributed by atoms with Crippen LogP contribution in [0, 0.1) is 0 Å². The Bertz CT molecular complexity index is 1140. The number of carbonyl (C=O) groups is 2. The summed E-state index contributed by atoms with van der Waals surface area (Å²) in [5.41, 5.74) is 2.18. The monoisotopic (exact) mass is 471 g/mol. The van der Waals surface area contributed by atoms with Crippen molar-refractivity contribution >= 4 is 27.5 Å². The highest BCUT2D eigenvalue weighted by Crippen LogP contribution is 2.35. The Morgan fingerprint density at radius 2 is 1.76 bits per heavy atom. The molecule has 0 aromatic heterocycles. The molecule has 0 radical (unpaired) electrons. The Labute approximate surface area is 194 Å². The summed E-state index contributed by atoms with van der Waals surface area (Å²) < 4.78 is 32.8.